The Morgan fingerprint density at radius 2 is 1.85 bits per heavy atom. The number of benzene rings is 2. The van der Waals surface area contributed by atoms with Crippen LogP contribution in [-0.2, 0) is 4.79 Å². The van der Waals surface area contributed by atoms with Crippen molar-refractivity contribution in [3.05, 3.63) is 65.2 Å². The number of hydrogen-bond acceptors (Lipinski definition) is 3. The highest BCUT2D eigenvalue weighted by Crippen LogP contribution is 2.42. The van der Waals surface area contributed by atoms with E-state index in [9.17, 15) is 9.59 Å². The van der Waals surface area contributed by atoms with Gasteiger partial charge < -0.3 is 15.0 Å². The van der Waals surface area contributed by atoms with Crippen molar-refractivity contribution in [2.45, 2.75) is 38.3 Å². The molecule has 5 heteroatoms. The van der Waals surface area contributed by atoms with Gasteiger partial charge in [-0.2, -0.15) is 0 Å². The maximum Gasteiger partial charge on any atom is 0.254 e. The van der Waals surface area contributed by atoms with Gasteiger partial charge in [-0.15, -0.1) is 0 Å². The molecule has 0 spiro atoms. The lowest BCUT2D eigenvalue weighted by Gasteiger charge is -2.40. The first-order valence-corrected chi connectivity index (χ1v) is 9.28. The van der Waals surface area contributed by atoms with Crippen molar-refractivity contribution >= 4 is 11.8 Å². The van der Waals surface area contributed by atoms with Crippen LogP contribution in [0.2, 0.25) is 0 Å². The zero-order chi connectivity index (χ0) is 19.6. The van der Waals surface area contributed by atoms with E-state index < -0.39 is 5.92 Å². The summed E-state index contributed by atoms with van der Waals surface area (Å²) in [6.45, 7) is 4.03. The van der Waals surface area contributed by atoms with Crippen LogP contribution in [0.1, 0.15) is 53.7 Å². The Labute approximate surface area is 160 Å². The molecular formula is C22H26N2O3. The quantitative estimate of drug-likeness (QED) is 0.881. The Kier molecular flexibility index (Phi) is 5.49. The molecule has 0 radical (unpaired) electrons. The Balaban J connectivity index is 2.09. The maximum absolute atomic E-state index is 13.2. The average Bonchev–Trinajstić information content (AvgIpc) is 2.70. The van der Waals surface area contributed by atoms with Gasteiger partial charge in [0.25, 0.3) is 5.91 Å². The van der Waals surface area contributed by atoms with E-state index in [1.54, 1.807) is 25.1 Å². The summed E-state index contributed by atoms with van der Waals surface area (Å²) >= 11 is 0. The highest BCUT2D eigenvalue weighted by atomic mass is 16.5. The van der Waals surface area contributed by atoms with Crippen molar-refractivity contribution in [3.63, 3.8) is 0 Å². The lowest BCUT2D eigenvalue weighted by molar-refractivity contribution is -0.124. The standard InChI is InChI=1S/C22H26N2O3/c1-5-14(2)23-21(25)19-17-8-6-7-9-18(17)22(26)24(3)20(19)15-10-12-16(27-4)13-11-15/h6-14,19-20H,5H2,1-4H3,(H,23,25). The molecule has 1 aliphatic rings. The monoisotopic (exact) mass is 366 g/mol. The van der Waals surface area contributed by atoms with Crippen molar-refractivity contribution in [2.75, 3.05) is 14.2 Å². The zero-order valence-corrected chi connectivity index (χ0v) is 16.2. The van der Waals surface area contributed by atoms with Gasteiger partial charge in [-0.1, -0.05) is 37.3 Å². The molecule has 0 aliphatic carbocycles. The highest BCUT2D eigenvalue weighted by molar-refractivity contribution is 6.01. The smallest absolute Gasteiger partial charge is 0.254 e. The number of likely N-dealkylation sites (N-methyl/N-ethyl adjacent to an activating group) is 1. The Morgan fingerprint density at radius 1 is 1.19 bits per heavy atom. The summed E-state index contributed by atoms with van der Waals surface area (Å²) in [6, 6.07) is 14.7. The fourth-order valence-corrected chi connectivity index (χ4v) is 3.61. The zero-order valence-electron chi connectivity index (χ0n) is 16.2. The van der Waals surface area contributed by atoms with Crippen molar-refractivity contribution in [1.29, 1.82) is 0 Å². The lowest BCUT2D eigenvalue weighted by atomic mass is 9.79. The largest absolute Gasteiger partial charge is 0.497 e. The van der Waals surface area contributed by atoms with Crippen LogP contribution in [0.4, 0.5) is 0 Å². The maximum atomic E-state index is 13.2. The summed E-state index contributed by atoms with van der Waals surface area (Å²) in [7, 11) is 3.38. The molecule has 1 N–H and O–H groups in total. The minimum Gasteiger partial charge on any atom is -0.497 e. The lowest BCUT2D eigenvalue weighted by Crippen LogP contribution is -2.47. The minimum absolute atomic E-state index is 0.0584. The van der Waals surface area contributed by atoms with Gasteiger partial charge in [0.2, 0.25) is 5.91 Å². The number of nitrogens with zero attached hydrogens (tertiary/aromatic N) is 1. The third-order valence-electron chi connectivity index (χ3n) is 5.32. The normalized spacial score (nSPS) is 20.0. The number of fused-ring (bicyclic) bond motifs is 1. The Bertz CT molecular complexity index is 832. The topological polar surface area (TPSA) is 58.6 Å². The second kappa shape index (κ2) is 7.82. The molecule has 3 unspecified atom stereocenters. The van der Waals surface area contributed by atoms with Crippen LogP contribution < -0.4 is 10.1 Å². The number of nitrogens with one attached hydrogen (secondary N) is 1. The first-order chi connectivity index (χ1) is 13.0. The van der Waals surface area contributed by atoms with Crippen LogP contribution in [0, 0.1) is 0 Å². The van der Waals surface area contributed by atoms with Crippen molar-refractivity contribution < 1.29 is 14.3 Å². The molecule has 1 heterocycles. The predicted molar refractivity (Wildman–Crippen MR) is 105 cm³/mol. The predicted octanol–water partition coefficient (Wildman–Crippen LogP) is 3.52. The van der Waals surface area contributed by atoms with E-state index >= 15 is 0 Å². The Morgan fingerprint density at radius 3 is 2.48 bits per heavy atom. The van der Waals surface area contributed by atoms with Crippen LogP contribution in [0.25, 0.3) is 0 Å². The average molecular weight is 366 g/mol. The summed E-state index contributed by atoms with van der Waals surface area (Å²) in [5.74, 6) is 0.145. The summed E-state index contributed by atoms with van der Waals surface area (Å²) < 4.78 is 5.24. The van der Waals surface area contributed by atoms with Crippen molar-refractivity contribution in [1.82, 2.24) is 10.2 Å². The van der Waals surface area contributed by atoms with Crippen molar-refractivity contribution in [3.8, 4) is 5.75 Å². The molecule has 0 bridgehead atoms. The molecule has 2 amide bonds. The van der Waals surface area contributed by atoms with Gasteiger partial charge in [-0.25, -0.2) is 0 Å². The SMILES string of the molecule is CCC(C)NC(=O)C1c2ccccc2C(=O)N(C)C1c1ccc(OC)cc1. The minimum atomic E-state index is -0.466. The van der Waals surface area contributed by atoms with Gasteiger partial charge in [0, 0.05) is 18.7 Å². The van der Waals surface area contributed by atoms with Crippen LogP contribution >= 0.6 is 0 Å². The number of carbonyl (C=O) groups is 2. The molecule has 2 aromatic rings. The molecule has 27 heavy (non-hydrogen) atoms. The molecule has 0 aromatic heterocycles. The third kappa shape index (κ3) is 3.54. The molecule has 142 valence electrons. The second-order valence-electron chi connectivity index (χ2n) is 7.02. The van der Waals surface area contributed by atoms with Crippen LogP contribution in [-0.4, -0.2) is 36.9 Å². The molecule has 0 saturated carbocycles. The summed E-state index contributed by atoms with van der Waals surface area (Å²) in [5, 5.41) is 3.10. The third-order valence-corrected chi connectivity index (χ3v) is 5.32. The van der Waals surface area contributed by atoms with Gasteiger partial charge in [-0.05, 0) is 42.7 Å². The van der Waals surface area contributed by atoms with E-state index in [1.807, 2.05) is 56.3 Å². The van der Waals surface area contributed by atoms with Crippen LogP contribution in [0.15, 0.2) is 48.5 Å². The molecule has 1 aliphatic heterocycles. The Hall–Kier alpha value is -2.82. The molecule has 3 rings (SSSR count). The van der Waals surface area contributed by atoms with E-state index in [-0.39, 0.29) is 23.9 Å². The van der Waals surface area contributed by atoms with Crippen LogP contribution in [0.5, 0.6) is 5.75 Å². The molecule has 5 nitrogen and oxygen atoms in total. The van der Waals surface area contributed by atoms with E-state index in [0.29, 0.717) is 5.56 Å². The number of rotatable bonds is 5. The van der Waals surface area contributed by atoms with Gasteiger partial charge in [0.05, 0.1) is 19.1 Å². The molecular weight excluding hydrogens is 340 g/mol. The number of hydrogen-bond donors (Lipinski definition) is 1. The summed E-state index contributed by atoms with van der Waals surface area (Å²) in [6.07, 6.45) is 0.849. The van der Waals surface area contributed by atoms with E-state index in [2.05, 4.69) is 5.32 Å². The molecule has 2 aromatic carbocycles. The molecule has 3 atom stereocenters. The summed E-state index contributed by atoms with van der Waals surface area (Å²) in [4.78, 5) is 27.8. The summed E-state index contributed by atoms with van der Waals surface area (Å²) in [5.41, 5.74) is 2.28. The molecule has 0 saturated heterocycles. The number of methoxy groups -OCH3 is 1. The fraction of sp³-hybridized carbons (Fsp3) is 0.364. The van der Waals surface area contributed by atoms with E-state index in [1.165, 1.54) is 0 Å². The van der Waals surface area contributed by atoms with Gasteiger partial charge in [0.15, 0.2) is 0 Å². The van der Waals surface area contributed by atoms with Gasteiger partial charge >= 0.3 is 0 Å². The number of amides is 2. The first kappa shape index (κ1) is 19.0. The number of ether oxygens (including phenoxy) is 1. The highest BCUT2D eigenvalue weighted by Gasteiger charge is 2.42. The molecule has 0 fully saturated rings. The first-order valence-electron chi connectivity index (χ1n) is 9.28. The van der Waals surface area contributed by atoms with Gasteiger partial charge in [0.1, 0.15) is 5.75 Å². The van der Waals surface area contributed by atoms with Gasteiger partial charge in [-0.3, -0.25) is 9.59 Å². The number of carbonyl (C=O) groups excluding carboxylic acids is 2. The van der Waals surface area contributed by atoms with E-state index in [4.69, 9.17) is 4.74 Å². The van der Waals surface area contributed by atoms with Crippen molar-refractivity contribution in [2.24, 2.45) is 0 Å². The second-order valence-corrected chi connectivity index (χ2v) is 7.02. The fourth-order valence-electron chi connectivity index (χ4n) is 3.61. The van der Waals surface area contributed by atoms with E-state index in [0.717, 1.165) is 23.3 Å². The van der Waals surface area contributed by atoms with Crippen LogP contribution in [0.3, 0.4) is 0 Å².